The summed E-state index contributed by atoms with van der Waals surface area (Å²) in [5, 5.41) is 0. The lowest BCUT2D eigenvalue weighted by atomic mass is 10.1. The fourth-order valence-corrected chi connectivity index (χ4v) is 1.69. The van der Waals surface area contributed by atoms with Crippen molar-refractivity contribution >= 4 is 5.91 Å². The second-order valence-electron chi connectivity index (χ2n) is 3.50. The van der Waals surface area contributed by atoms with Gasteiger partial charge < -0.3 is 4.90 Å². The van der Waals surface area contributed by atoms with Gasteiger partial charge in [0.05, 0.1) is 6.04 Å². The van der Waals surface area contributed by atoms with Crippen molar-refractivity contribution in [2.75, 3.05) is 6.54 Å². The molecule has 14 heavy (non-hydrogen) atoms. The van der Waals surface area contributed by atoms with Crippen molar-refractivity contribution in [2.45, 2.75) is 32.0 Å². The third kappa shape index (κ3) is 2.08. The molecule has 0 N–H and O–H groups in total. The van der Waals surface area contributed by atoms with E-state index in [1.807, 2.05) is 0 Å². The fraction of sp³-hybridized carbons (Fsp3) is 0.667. The lowest BCUT2D eigenvalue weighted by Crippen LogP contribution is -2.44. The van der Waals surface area contributed by atoms with Crippen LogP contribution in [0.3, 0.4) is 0 Å². The minimum Gasteiger partial charge on any atom is -0.328 e. The third-order valence-electron chi connectivity index (χ3n) is 2.33. The topological polar surface area (TPSA) is 20.3 Å². The second-order valence-corrected chi connectivity index (χ2v) is 3.50. The van der Waals surface area contributed by atoms with Crippen LogP contribution in [-0.4, -0.2) is 29.6 Å². The lowest BCUT2D eigenvalue weighted by Gasteiger charge is -2.25. The highest BCUT2D eigenvalue weighted by Gasteiger charge is 2.45. The van der Waals surface area contributed by atoms with Crippen LogP contribution < -0.4 is 0 Å². The zero-order chi connectivity index (χ0) is 10.9. The largest absolute Gasteiger partial charge is 0.471 e. The maximum atomic E-state index is 12.1. The van der Waals surface area contributed by atoms with Crippen molar-refractivity contribution in [3.63, 3.8) is 0 Å². The Morgan fingerprint density at radius 3 is 2.50 bits per heavy atom. The van der Waals surface area contributed by atoms with Gasteiger partial charge in [0.1, 0.15) is 0 Å². The smallest absolute Gasteiger partial charge is 0.328 e. The summed E-state index contributed by atoms with van der Waals surface area (Å²) in [5.74, 6) is -1.75. The number of carbonyl (C=O) groups excluding carboxylic acids is 1. The Morgan fingerprint density at radius 1 is 1.50 bits per heavy atom. The van der Waals surface area contributed by atoms with E-state index in [-0.39, 0.29) is 6.54 Å². The number of nitrogens with zero attached hydrogens (tertiary/aromatic N) is 1. The Balaban J connectivity index is 2.77. The maximum Gasteiger partial charge on any atom is 0.471 e. The van der Waals surface area contributed by atoms with Crippen molar-refractivity contribution in [1.82, 2.24) is 4.90 Å². The molecule has 1 aliphatic rings. The molecule has 0 aromatic heterocycles. The molecule has 2 nitrogen and oxygen atoms in total. The molecule has 0 bridgehead atoms. The van der Waals surface area contributed by atoms with Crippen LogP contribution in [0.15, 0.2) is 12.2 Å². The van der Waals surface area contributed by atoms with E-state index in [1.165, 1.54) is 0 Å². The summed E-state index contributed by atoms with van der Waals surface area (Å²) in [6.45, 7) is 5.41. The number of likely N-dealkylation sites (tertiary alicyclic amines) is 1. The molecule has 1 atom stereocenters. The molecular formula is C9H12F3NO. The van der Waals surface area contributed by atoms with E-state index >= 15 is 0 Å². The first-order chi connectivity index (χ1) is 6.34. The average molecular weight is 207 g/mol. The molecule has 1 amide bonds. The number of alkyl halides is 3. The monoisotopic (exact) mass is 207 g/mol. The van der Waals surface area contributed by atoms with Crippen molar-refractivity contribution in [2.24, 2.45) is 0 Å². The molecule has 0 aliphatic carbocycles. The van der Waals surface area contributed by atoms with Crippen LogP contribution in [0.5, 0.6) is 0 Å². The number of rotatable bonds is 1. The van der Waals surface area contributed by atoms with E-state index in [0.29, 0.717) is 18.4 Å². The number of hydrogen-bond acceptors (Lipinski definition) is 1. The van der Waals surface area contributed by atoms with E-state index < -0.39 is 18.1 Å². The Bertz CT molecular complexity index is 259. The van der Waals surface area contributed by atoms with Crippen LogP contribution in [0.2, 0.25) is 0 Å². The molecule has 0 aromatic rings. The van der Waals surface area contributed by atoms with E-state index in [2.05, 4.69) is 6.58 Å². The van der Waals surface area contributed by atoms with Crippen LogP contribution in [-0.2, 0) is 4.79 Å². The van der Waals surface area contributed by atoms with Crippen LogP contribution >= 0.6 is 0 Å². The van der Waals surface area contributed by atoms with Crippen LogP contribution in [0, 0.1) is 0 Å². The van der Waals surface area contributed by atoms with E-state index in [4.69, 9.17) is 0 Å². The normalized spacial score (nSPS) is 22.6. The van der Waals surface area contributed by atoms with Gasteiger partial charge in [0.25, 0.3) is 0 Å². The molecule has 0 unspecified atom stereocenters. The van der Waals surface area contributed by atoms with Crippen LogP contribution in [0.1, 0.15) is 19.8 Å². The van der Waals surface area contributed by atoms with Crippen LogP contribution in [0.25, 0.3) is 0 Å². The highest BCUT2D eigenvalue weighted by atomic mass is 19.4. The standard InChI is InChI=1S/C9H12F3NO/c1-6(2)7-4-3-5-13(7)8(14)9(10,11)12/h7H,1,3-5H2,2H3/t7-/m0/s1. The second kappa shape index (κ2) is 3.63. The van der Waals surface area contributed by atoms with Gasteiger partial charge in [-0.2, -0.15) is 13.2 Å². The molecule has 1 rings (SSSR count). The van der Waals surface area contributed by atoms with Gasteiger partial charge in [-0.15, -0.1) is 0 Å². The molecule has 1 aliphatic heterocycles. The van der Waals surface area contributed by atoms with Gasteiger partial charge in [0.15, 0.2) is 0 Å². The fourth-order valence-electron chi connectivity index (χ4n) is 1.69. The van der Waals surface area contributed by atoms with Gasteiger partial charge >= 0.3 is 12.1 Å². The van der Waals surface area contributed by atoms with Crippen molar-refractivity contribution in [1.29, 1.82) is 0 Å². The first-order valence-corrected chi connectivity index (χ1v) is 4.37. The van der Waals surface area contributed by atoms with E-state index in [9.17, 15) is 18.0 Å². The molecular weight excluding hydrogens is 195 g/mol. The average Bonchev–Trinajstić information content (AvgIpc) is 2.48. The van der Waals surface area contributed by atoms with Gasteiger partial charge in [-0.05, 0) is 19.8 Å². The number of carbonyl (C=O) groups is 1. The summed E-state index contributed by atoms with van der Waals surface area (Å²) in [7, 11) is 0. The van der Waals surface area contributed by atoms with Crippen LogP contribution in [0.4, 0.5) is 13.2 Å². The first-order valence-electron chi connectivity index (χ1n) is 4.37. The van der Waals surface area contributed by atoms with Crippen molar-refractivity contribution in [3.05, 3.63) is 12.2 Å². The Labute approximate surface area is 80.4 Å². The van der Waals surface area contributed by atoms with Gasteiger partial charge in [-0.25, -0.2) is 0 Å². The van der Waals surface area contributed by atoms with Gasteiger partial charge in [0, 0.05) is 6.54 Å². The lowest BCUT2D eigenvalue weighted by molar-refractivity contribution is -0.185. The molecule has 0 aromatic carbocycles. The molecule has 0 spiro atoms. The minimum absolute atomic E-state index is 0.176. The summed E-state index contributed by atoms with van der Waals surface area (Å²) in [5.41, 5.74) is 0.611. The highest BCUT2D eigenvalue weighted by molar-refractivity contribution is 5.82. The molecule has 80 valence electrons. The molecule has 1 heterocycles. The summed E-state index contributed by atoms with van der Waals surface area (Å²) in [6.07, 6.45) is -3.57. The summed E-state index contributed by atoms with van der Waals surface area (Å²) in [4.78, 5) is 11.8. The zero-order valence-electron chi connectivity index (χ0n) is 7.90. The summed E-state index contributed by atoms with van der Waals surface area (Å²) < 4.78 is 36.4. The highest BCUT2D eigenvalue weighted by Crippen LogP contribution is 2.28. The van der Waals surface area contributed by atoms with Gasteiger partial charge in [-0.3, -0.25) is 4.79 Å². The number of hydrogen-bond donors (Lipinski definition) is 0. The van der Waals surface area contributed by atoms with E-state index in [0.717, 1.165) is 4.90 Å². The van der Waals surface area contributed by atoms with Gasteiger partial charge in [0.2, 0.25) is 0 Å². The number of amides is 1. The predicted octanol–water partition coefficient (Wildman–Crippen LogP) is 2.12. The minimum atomic E-state index is -4.77. The molecule has 5 heteroatoms. The molecule has 1 saturated heterocycles. The zero-order valence-corrected chi connectivity index (χ0v) is 7.90. The Morgan fingerprint density at radius 2 is 2.07 bits per heavy atom. The van der Waals surface area contributed by atoms with Crippen molar-refractivity contribution in [3.8, 4) is 0 Å². The summed E-state index contributed by atoms with van der Waals surface area (Å²) in [6, 6.07) is -0.441. The SMILES string of the molecule is C=C(C)[C@@H]1CCCN1C(=O)C(F)(F)F. The Kier molecular flexibility index (Phi) is 2.87. The molecule has 0 saturated carbocycles. The molecule has 1 fully saturated rings. The first kappa shape index (κ1) is 11.1. The third-order valence-corrected chi connectivity index (χ3v) is 2.33. The van der Waals surface area contributed by atoms with Crippen molar-refractivity contribution < 1.29 is 18.0 Å². The molecule has 0 radical (unpaired) electrons. The quantitative estimate of drug-likeness (QED) is 0.603. The number of halogens is 3. The van der Waals surface area contributed by atoms with E-state index in [1.54, 1.807) is 6.92 Å². The summed E-state index contributed by atoms with van der Waals surface area (Å²) >= 11 is 0. The Hall–Kier alpha value is -1.00. The maximum absolute atomic E-state index is 12.1. The van der Waals surface area contributed by atoms with Gasteiger partial charge in [-0.1, -0.05) is 12.2 Å². The predicted molar refractivity (Wildman–Crippen MR) is 45.6 cm³/mol.